The fourth-order valence-electron chi connectivity index (χ4n) is 2.72. The Morgan fingerprint density at radius 3 is 2.40 bits per heavy atom. The smallest absolute Gasteiger partial charge is 0.272 e. The Kier molecular flexibility index (Phi) is 5.55. The van der Waals surface area contributed by atoms with Gasteiger partial charge in [0, 0.05) is 24.0 Å². The van der Waals surface area contributed by atoms with E-state index < -0.39 is 23.5 Å². The molecule has 0 aliphatic rings. The molecule has 4 N–H and O–H groups in total. The average Bonchev–Trinajstić information content (AvgIpc) is 3.19. The summed E-state index contributed by atoms with van der Waals surface area (Å²) in [7, 11) is 1.41. The van der Waals surface area contributed by atoms with E-state index in [4.69, 9.17) is 11.0 Å². The van der Waals surface area contributed by atoms with E-state index in [1.807, 2.05) is 0 Å². The predicted molar refractivity (Wildman–Crippen MR) is 105 cm³/mol. The first-order chi connectivity index (χ1) is 14.3. The number of halogens is 1. The second kappa shape index (κ2) is 8.24. The molecule has 0 atom stereocenters. The number of rotatable bonds is 5. The summed E-state index contributed by atoms with van der Waals surface area (Å²) in [4.78, 5) is 39.9. The van der Waals surface area contributed by atoms with E-state index in [2.05, 4.69) is 15.6 Å². The van der Waals surface area contributed by atoms with Crippen molar-refractivity contribution in [2.45, 2.75) is 0 Å². The molecule has 0 unspecified atom stereocenters. The Labute approximate surface area is 169 Å². The number of imidazole rings is 1. The third-order valence-electron chi connectivity index (χ3n) is 4.20. The Morgan fingerprint density at radius 1 is 1.13 bits per heavy atom. The summed E-state index contributed by atoms with van der Waals surface area (Å²) in [6.07, 6.45) is 1.29. The van der Waals surface area contributed by atoms with Crippen molar-refractivity contribution in [3.63, 3.8) is 0 Å². The zero-order chi connectivity index (χ0) is 21.8. The molecule has 0 radical (unpaired) electrons. The van der Waals surface area contributed by atoms with Gasteiger partial charge in [0.25, 0.3) is 17.7 Å². The first-order valence-electron chi connectivity index (χ1n) is 8.56. The summed E-state index contributed by atoms with van der Waals surface area (Å²) in [6, 6.07) is 11.5. The van der Waals surface area contributed by atoms with Gasteiger partial charge in [-0.2, -0.15) is 5.26 Å². The summed E-state index contributed by atoms with van der Waals surface area (Å²) in [5, 5.41) is 13.7. The van der Waals surface area contributed by atoms with Gasteiger partial charge in [-0.3, -0.25) is 19.0 Å². The minimum Gasteiger partial charge on any atom is -0.364 e. The molecule has 3 amide bonds. The number of nitriles is 1. The van der Waals surface area contributed by atoms with Crippen molar-refractivity contribution < 1.29 is 18.8 Å². The lowest BCUT2D eigenvalue weighted by Gasteiger charge is -2.09. The molecule has 0 spiro atoms. The topological polar surface area (TPSA) is 143 Å². The standard InChI is InChI=1S/C20H15FN6O3/c1-24-20(30)16-17(18(23)28)27(10-25-16)14-6-4-13(5-7-14)26-19(29)11-2-3-12(9-22)15(21)8-11/h2-8,10H,1H3,(H2,23,28)(H,24,30)(H,26,29). The number of anilines is 1. The van der Waals surface area contributed by atoms with Crippen molar-refractivity contribution >= 4 is 23.4 Å². The molecular weight excluding hydrogens is 391 g/mol. The number of benzene rings is 2. The van der Waals surface area contributed by atoms with Crippen LogP contribution >= 0.6 is 0 Å². The molecule has 1 heterocycles. The maximum absolute atomic E-state index is 13.7. The molecule has 0 saturated carbocycles. The highest BCUT2D eigenvalue weighted by atomic mass is 19.1. The zero-order valence-electron chi connectivity index (χ0n) is 15.6. The van der Waals surface area contributed by atoms with Gasteiger partial charge in [0.15, 0.2) is 5.69 Å². The maximum atomic E-state index is 13.7. The lowest BCUT2D eigenvalue weighted by molar-refractivity contribution is 0.0937. The minimum atomic E-state index is -0.827. The van der Waals surface area contributed by atoms with Crippen LogP contribution in [-0.2, 0) is 0 Å². The van der Waals surface area contributed by atoms with Crippen LogP contribution in [0.15, 0.2) is 48.8 Å². The lowest BCUT2D eigenvalue weighted by atomic mass is 10.1. The molecule has 30 heavy (non-hydrogen) atoms. The zero-order valence-corrected chi connectivity index (χ0v) is 15.6. The third kappa shape index (κ3) is 3.85. The molecular formula is C20H15FN6O3. The number of carbonyl (C=O) groups is 3. The van der Waals surface area contributed by atoms with Gasteiger partial charge < -0.3 is 16.4 Å². The van der Waals surface area contributed by atoms with Crippen LogP contribution in [-0.4, -0.2) is 34.3 Å². The molecule has 0 bridgehead atoms. The molecule has 0 aliphatic heterocycles. The molecule has 150 valence electrons. The molecule has 2 aromatic carbocycles. The molecule has 3 aromatic rings. The van der Waals surface area contributed by atoms with Crippen LogP contribution in [0.4, 0.5) is 10.1 Å². The van der Waals surface area contributed by atoms with Gasteiger partial charge in [-0.05, 0) is 42.5 Å². The van der Waals surface area contributed by atoms with Crippen LogP contribution in [0.5, 0.6) is 0 Å². The van der Waals surface area contributed by atoms with Gasteiger partial charge >= 0.3 is 0 Å². The molecule has 0 fully saturated rings. The molecule has 0 aliphatic carbocycles. The van der Waals surface area contributed by atoms with Gasteiger partial charge in [-0.1, -0.05) is 0 Å². The molecule has 0 saturated heterocycles. The van der Waals surface area contributed by atoms with Gasteiger partial charge in [-0.25, -0.2) is 9.37 Å². The quantitative estimate of drug-likeness (QED) is 0.590. The van der Waals surface area contributed by atoms with Crippen LogP contribution in [0.1, 0.15) is 36.9 Å². The maximum Gasteiger partial charge on any atom is 0.272 e. The number of nitrogens with one attached hydrogen (secondary N) is 2. The van der Waals surface area contributed by atoms with E-state index in [0.717, 1.165) is 6.07 Å². The number of hydrogen-bond acceptors (Lipinski definition) is 5. The molecule has 9 nitrogen and oxygen atoms in total. The number of amides is 3. The van der Waals surface area contributed by atoms with Crippen LogP contribution in [0, 0.1) is 17.1 Å². The van der Waals surface area contributed by atoms with Crippen molar-refractivity contribution in [1.82, 2.24) is 14.9 Å². The third-order valence-corrected chi connectivity index (χ3v) is 4.20. The van der Waals surface area contributed by atoms with E-state index >= 15 is 0 Å². The Morgan fingerprint density at radius 2 is 1.83 bits per heavy atom. The number of aromatic nitrogens is 2. The number of nitrogens with zero attached hydrogens (tertiary/aromatic N) is 3. The number of carbonyl (C=O) groups excluding carboxylic acids is 3. The normalized spacial score (nSPS) is 10.2. The van der Waals surface area contributed by atoms with Gasteiger partial charge in [0.05, 0.1) is 5.56 Å². The summed E-state index contributed by atoms with van der Waals surface area (Å²) in [5.41, 5.74) is 5.99. The van der Waals surface area contributed by atoms with Gasteiger partial charge in [0.2, 0.25) is 0 Å². The van der Waals surface area contributed by atoms with E-state index in [9.17, 15) is 18.8 Å². The number of primary amides is 1. The van der Waals surface area contributed by atoms with E-state index in [-0.39, 0.29) is 22.5 Å². The van der Waals surface area contributed by atoms with Crippen LogP contribution in [0.2, 0.25) is 0 Å². The van der Waals surface area contributed by atoms with Crippen LogP contribution in [0.25, 0.3) is 5.69 Å². The highest BCUT2D eigenvalue weighted by molar-refractivity contribution is 6.05. The average molecular weight is 406 g/mol. The molecule has 3 rings (SSSR count). The fourth-order valence-corrected chi connectivity index (χ4v) is 2.72. The van der Waals surface area contributed by atoms with E-state index in [0.29, 0.717) is 11.4 Å². The second-order valence-electron chi connectivity index (χ2n) is 6.06. The summed E-state index contributed by atoms with van der Waals surface area (Å²) < 4.78 is 15.1. The number of nitrogens with two attached hydrogens (primary N) is 1. The van der Waals surface area contributed by atoms with Crippen molar-refractivity contribution in [3.05, 3.63) is 77.1 Å². The predicted octanol–water partition coefficient (Wildman–Crippen LogP) is 1.59. The largest absolute Gasteiger partial charge is 0.364 e. The SMILES string of the molecule is CNC(=O)c1ncn(-c2ccc(NC(=O)c3ccc(C#N)c(F)c3)cc2)c1C(N)=O. The van der Waals surface area contributed by atoms with Crippen molar-refractivity contribution in [3.8, 4) is 11.8 Å². The van der Waals surface area contributed by atoms with Gasteiger partial charge in [-0.15, -0.1) is 0 Å². The molecule has 1 aromatic heterocycles. The Hall–Kier alpha value is -4.52. The van der Waals surface area contributed by atoms with Gasteiger partial charge in [0.1, 0.15) is 23.9 Å². The van der Waals surface area contributed by atoms with Crippen molar-refractivity contribution in [2.75, 3.05) is 12.4 Å². The Balaban J connectivity index is 1.84. The monoisotopic (exact) mass is 406 g/mol. The second-order valence-corrected chi connectivity index (χ2v) is 6.06. The van der Waals surface area contributed by atoms with Crippen molar-refractivity contribution in [2.24, 2.45) is 5.73 Å². The van der Waals surface area contributed by atoms with E-state index in [1.54, 1.807) is 30.3 Å². The summed E-state index contributed by atoms with van der Waals surface area (Å²) in [5.74, 6) is -2.73. The summed E-state index contributed by atoms with van der Waals surface area (Å²) >= 11 is 0. The first kappa shape index (κ1) is 20.2. The minimum absolute atomic E-state index is 0.0522. The van der Waals surface area contributed by atoms with Crippen LogP contribution in [0.3, 0.4) is 0 Å². The van der Waals surface area contributed by atoms with Crippen LogP contribution < -0.4 is 16.4 Å². The first-order valence-corrected chi connectivity index (χ1v) is 8.56. The fraction of sp³-hybridized carbons (Fsp3) is 0.0500. The Bertz CT molecular complexity index is 1190. The summed E-state index contributed by atoms with van der Waals surface area (Å²) in [6.45, 7) is 0. The highest BCUT2D eigenvalue weighted by Gasteiger charge is 2.22. The highest BCUT2D eigenvalue weighted by Crippen LogP contribution is 2.19. The molecule has 10 heteroatoms. The lowest BCUT2D eigenvalue weighted by Crippen LogP contribution is -2.25. The number of hydrogen-bond donors (Lipinski definition) is 3. The van der Waals surface area contributed by atoms with Crippen molar-refractivity contribution in [1.29, 1.82) is 5.26 Å². The van der Waals surface area contributed by atoms with E-state index in [1.165, 1.54) is 30.1 Å².